The minimum atomic E-state index is -0.659. The highest BCUT2D eigenvalue weighted by atomic mass is 35.5. The third-order valence-corrected chi connectivity index (χ3v) is 6.06. The van der Waals surface area contributed by atoms with E-state index < -0.39 is 18.0 Å². The lowest BCUT2D eigenvalue weighted by molar-refractivity contribution is 0.158. The first kappa shape index (κ1) is 20.9. The van der Waals surface area contributed by atoms with Crippen LogP contribution in [0, 0.1) is 5.82 Å². The maximum absolute atomic E-state index is 13.9. The molecule has 1 aliphatic carbocycles. The molecule has 3 aromatic rings. The molecule has 2 aromatic carbocycles. The van der Waals surface area contributed by atoms with Crippen LogP contribution in [-0.2, 0) is 6.42 Å². The molecule has 8 heteroatoms. The molecule has 0 spiro atoms. The number of aliphatic hydroxyl groups is 1. The van der Waals surface area contributed by atoms with Crippen molar-refractivity contribution < 1.29 is 14.2 Å². The number of ether oxygens (including phenoxy) is 1. The number of fused-ring (bicyclic) bond motifs is 1. The first-order valence-electron chi connectivity index (χ1n) is 9.38. The van der Waals surface area contributed by atoms with E-state index in [0.29, 0.717) is 22.8 Å². The summed E-state index contributed by atoms with van der Waals surface area (Å²) in [6.45, 7) is 1.71. The van der Waals surface area contributed by atoms with Gasteiger partial charge < -0.3 is 21.3 Å². The zero-order valence-electron chi connectivity index (χ0n) is 16.1. The third kappa shape index (κ3) is 3.72. The van der Waals surface area contributed by atoms with Gasteiger partial charge in [0.05, 0.1) is 17.2 Å². The number of aromatic nitrogens is 1. The maximum atomic E-state index is 13.9. The van der Waals surface area contributed by atoms with Gasteiger partial charge in [0.1, 0.15) is 11.9 Å². The molecule has 2 unspecified atom stereocenters. The molecule has 5 nitrogen and oxygen atoms in total. The average Bonchev–Trinajstić information content (AvgIpc) is 3.00. The van der Waals surface area contributed by atoms with Crippen LogP contribution in [0.1, 0.15) is 35.8 Å². The number of hydrogen-bond donors (Lipinski definition) is 3. The van der Waals surface area contributed by atoms with Crippen LogP contribution in [0.25, 0.3) is 11.1 Å². The van der Waals surface area contributed by atoms with Gasteiger partial charge in [0.15, 0.2) is 11.6 Å². The van der Waals surface area contributed by atoms with Crippen molar-refractivity contribution in [2.24, 2.45) is 5.73 Å². The first-order chi connectivity index (χ1) is 14.3. The van der Waals surface area contributed by atoms with Crippen molar-refractivity contribution in [3.63, 3.8) is 0 Å². The van der Waals surface area contributed by atoms with Crippen LogP contribution >= 0.6 is 23.2 Å². The fourth-order valence-electron chi connectivity index (χ4n) is 3.72. The molecule has 1 heterocycles. The van der Waals surface area contributed by atoms with E-state index in [2.05, 4.69) is 4.98 Å². The second-order valence-corrected chi connectivity index (χ2v) is 8.12. The number of rotatable bonds is 4. The lowest BCUT2D eigenvalue weighted by Gasteiger charge is -2.19. The molecule has 1 aliphatic rings. The van der Waals surface area contributed by atoms with E-state index in [0.717, 1.165) is 22.3 Å². The molecule has 0 saturated heterocycles. The molecule has 0 saturated carbocycles. The van der Waals surface area contributed by atoms with Crippen LogP contribution < -0.4 is 16.2 Å². The molecule has 0 aliphatic heterocycles. The van der Waals surface area contributed by atoms with Crippen molar-refractivity contribution in [1.29, 1.82) is 0 Å². The SMILES string of the molecule is C[C@@H](Oc1cc(-c2ccc3c(c2)CC(O)C3N)cnc1N)c1c(Cl)ccc(F)c1Cl. The second-order valence-electron chi connectivity index (χ2n) is 7.34. The van der Waals surface area contributed by atoms with E-state index in [4.69, 9.17) is 39.4 Å². The Kier molecular flexibility index (Phi) is 5.59. The van der Waals surface area contributed by atoms with E-state index in [1.54, 1.807) is 19.2 Å². The summed E-state index contributed by atoms with van der Waals surface area (Å²) in [5, 5.41) is 10.2. The van der Waals surface area contributed by atoms with Gasteiger partial charge in [-0.3, -0.25) is 0 Å². The van der Waals surface area contributed by atoms with E-state index in [1.165, 1.54) is 12.1 Å². The van der Waals surface area contributed by atoms with Gasteiger partial charge in [-0.25, -0.2) is 9.37 Å². The van der Waals surface area contributed by atoms with Gasteiger partial charge in [-0.1, -0.05) is 41.4 Å². The fraction of sp³-hybridized carbons (Fsp3) is 0.227. The number of pyridine rings is 1. The number of hydrogen-bond acceptors (Lipinski definition) is 5. The van der Waals surface area contributed by atoms with Gasteiger partial charge in [-0.15, -0.1) is 0 Å². The lowest BCUT2D eigenvalue weighted by Crippen LogP contribution is -2.21. The normalized spacial score (nSPS) is 18.9. The molecule has 156 valence electrons. The van der Waals surface area contributed by atoms with Gasteiger partial charge in [0, 0.05) is 28.8 Å². The topological polar surface area (TPSA) is 94.4 Å². The molecule has 0 bridgehead atoms. The average molecular weight is 448 g/mol. The van der Waals surface area contributed by atoms with E-state index in [9.17, 15) is 9.50 Å². The van der Waals surface area contributed by atoms with Crippen LogP contribution in [0.4, 0.5) is 10.2 Å². The molecule has 0 amide bonds. The third-order valence-electron chi connectivity index (χ3n) is 5.35. The molecule has 1 aromatic heterocycles. The van der Waals surface area contributed by atoms with Crippen LogP contribution in [-0.4, -0.2) is 16.2 Å². The monoisotopic (exact) mass is 447 g/mol. The van der Waals surface area contributed by atoms with Gasteiger partial charge in [0.2, 0.25) is 0 Å². The number of benzene rings is 2. The Bertz CT molecular complexity index is 1130. The first-order valence-corrected chi connectivity index (χ1v) is 10.1. The van der Waals surface area contributed by atoms with Gasteiger partial charge >= 0.3 is 0 Å². The van der Waals surface area contributed by atoms with Crippen LogP contribution in [0.2, 0.25) is 10.0 Å². The van der Waals surface area contributed by atoms with Crippen molar-refractivity contribution >= 4 is 29.0 Å². The largest absolute Gasteiger partial charge is 0.482 e. The molecular weight excluding hydrogens is 428 g/mol. The predicted octanol–water partition coefficient (Wildman–Crippen LogP) is 4.83. The van der Waals surface area contributed by atoms with E-state index >= 15 is 0 Å². The Morgan fingerprint density at radius 3 is 2.73 bits per heavy atom. The van der Waals surface area contributed by atoms with E-state index in [-0.39, 0.29) is 16.9 Å². The zero-order valence-corrected chi connectivity index (χ0v) is 17.6. The molecule has 3 atom stereocenters. The maximum Gasteiger partial charge on any atom is 0.166 e. The highest BCUT2D eigenvalue weighted by Gasteiger charge is 2.28. The second kappa shape index (κ2) is 8.04. The summed E-state index contributed by atoms with van der Waals surface area (Å²) >= 11 is 12.3. The lowest BCUT2D eigenvalue weighted by atomic mass is 10.0. The van der Waals surface area contributed by atoms with Crippen LogP contribution in [0.5, 0.6) is 5.75 Å². The van der Waals surface area contributed by atoms with Gasteiger partial charge in [0.25, 0.3) is 0 Å². The minimum Gasteiger partial charge on any atom is -0.482 e. The summed E-state index contributed by atoms with van der Waals surface area (Å²) < 4.78 is 19.8. The summed E-state index contributed by atoms with van der Waals surface area (Å²) in [4.78, 5) is 4.23. The highest BCUT2D eigenvalue weighted by Crippen LogP contribution is 2.38. The number of aliphatic hydroxyl groups excluding tert-OH is 1. The van der Waals surface area contributed by atoms with Crippen molar-refractivity contribution in [2.75, 3.05) is 5.73 Å². The van der Waals surface area contributed by atoms with Crippen molar-refractivity contribution in [1.82, 2.24) is 4.98 Å². The number of nitrogen functional groups attached to an aromatic ring is 1. The van der Waals surface area contributed by atoms with Crippen molar-refractivity contribution in [2.45, 2.75) is 31.6 Å². The Hall–Kier alpha value is -2.38. The Balaban J connectivity index is 1.65. The summed E-state index contributed by atoms with van der Waals surface area (Å²) in [6.07, 6.45) is 0.902. The summed E-state index contributed by atoms with van der Waals surface area (Å²) in [5.41, 5.74) is 16.0. The number of nitrogens with zero attached hydrogens (tertiary/aromatic N) is 1. The Morgan fingerprint density at radius 1 is 1.20 bits per heavy atom. The van der Waals surface area contributed by atoms with Gasteiger partial charge in [-0.2, -0.15) is 0 Å². The minimum absolute atomic E-state index is 0.0915. The summed E-state index contributed by atoms with van der Waals surface area (Å²) in [6, 6.07) is 9.82. The molecule has 4 rings (SSSR count). The Labute approximate surface area is 183 Å². The van der Waals surface area contributed by atoms with E-state index in [1.807, 2.05) is 18.2 Å². The van der Waals surface area contributed by atoms with Crippen molar-refractivity contribution in [3.8, 4) is 16.9 Å². The quantitative estimate of drug-likeness (QED) is 0.497. The standard InChI is InChI=1S/C22H20Cl2FN3O2/c1-10(19-15(23)4-5-16(25)20(19)24)30-18-8-13(9-28-22(18)27)11-2-3-14-12(6-11)7-17(29)21(14)26/h2-6,8-10,17,21,29H,7,26H2,1H3,(H2,27,28)/t10-,17?,21?/m1/s1. The number of nitrogens with two attached hydrogens (primary N) is 2. The molecule has 30 heavy (non-hydrogen) atoms. The molecule has 0 radical (unpaired) electrons. The van der Waals surface area contributed by atoms with Gasteiger partial charge in [-0.05, 0) is 41.8 Å². The smallest absolute Gasteiger partial charge is 0.166 e. The number of anilines is 1. The molecular formula is C22H20Cl2FN3O2. The van der Waals surface area contributed by atoms with Crippen LogP contribution in [0.15, 0.2) is 42.6 Å². The fourth-order valence-corrected chi connectivity index (χ4v) is 4.40. The summed E-state index contributed by atoms with van der Waals surface area (Å²) in [5.74, 6) is -0.0635. The molecule has 0 fully saturated rings. The van der Waals surface area contributed by atoms with Crippen molar-refractivity contribution in [3.05, 3.63) is 75.1 Å². The highest BCUT2D eigenvalue weighted by molar-refractivity contribution is 6.36. The molecule has 5 N–H and O–H groups in total. The zero-order chi connectivity index (χ0) is 21.6. The number of halogens is 3. The predicted molar refractivity (Wildman–Crippen MR) is 116 cm³/mol. The summed E-state index contributed by atoms with van der Waals surface area (Å²) in [7, 11) is 0. The Morgan fingerprint density at radius 2 is 1.97 bits per heavy atom. The van der Waals surface area contributed by atoms with Crippen LogP contribution in [0.3, 0.4) is 0 Å².